The van der Waals surface area contributed by atoms with Crippen LogP contribution in [0.3, 0.4) is 0 Å². The number of para-hydroxylation sites is 2. The molecular formula is C16H15ClN2O2S. The monoisotopic (exact) mass is 334 g/mol. The zero-order valence-corrected chi connectivity index (χ0v) is 13.3. The minimum atomic E-state index is -0.0835. The maximum absolute atomic E-state index is 5.86. The minimum absolute atomic E-state index is 0.0835. The van der Waals surface area contributed by atoms with Gasteiger partial charge in [0.1, 0.15) is 12.7 Å². The highest BCUT2D eigenvalue weighted by molar-refractivity contribution is 7.80. The number of thiocarbonyl (C=S) groups is 1. The molecule has 4 nitrogen and oxygen atoms in total. The fraction of sp³-hybridized carbons (Fsp3) is 0.188. The molecular weight excluding hydrogens is 320 g/mol. The number of ether oxygens (including phenoxy) is 2. The van der Waals surface area contributed by atoms with Crippen LogP contribution in [0.25, 0.3) is 0 Å². The second kappa shape index (κ2) is 6.85. The van der Waals surface area contributed by atoms with Crippen molar-refractivity contribution in [1.29, 1.82) is 0 Å². The van der Waals surface area contributed by atoms with Crippen molar-refractivity contribution in [1.82, 2.24) is 5.32 Å². The zero-order valence-electron chi connectivity index (χ0n) is 11.7. The Morgan fingerprint density at radius 1 is 1.14 bits per heavy atom. The summed E-state index contributed by atoms with van der Waals surface area (Å²) in [6, 6.07) is 15.0. The third-order valence-electron chi connectivity index (χ3n) is 3.16. The Labute approximate surface area is 139 Å². The average molecular weight is 335 g/mol. The molecule has 1 atom stereocenters. The van der Waals surface area contributed by atoms with E-state index in [0.29, 0.717) is 23.3 Å². The lowest BCUT2D eigenvalue weighted by Gasteiger charge is -2.27. The molecule has 0 amide bonds. The standard InChI is InChI=1S/C16H15ClN2O2S/c17-11-5-7-12(8-6-11)19-16(22)18-9-13-10-20-14-3-1-2-4-15(14)21-13/h1-8,13H,9-10H2,(H2,18,19,22)/t13-/m0/s1. The molecule has 6 heteroatoms. The first-order valence-electron chi connectivity index (χ1n) is 6.89. The maximum Gasteiger partial charge on any atom is 0.170 e. The fourth-order valence-corrected chi connectivity index (χ4v) is 2.41. The van der Waals surface area contributed by atoms with Crippen LogP contribution in [-0.2, 0) is 0 Å². The molecule has 0 saturated heterocycles. The van der Waals surface area contributed by atoms with Gasteiger partial charge >= 0.3 is 0 Å². The molecule has 1 heterocycles. The predicted molar refractivity (Wildman–Crippen MR) is 92.0 cm³/mol. The van der Waals surface area contributed by atoms with Crippen molar-refractivity contribution in [3.63, 3.8) is 0 Å². The van der Waals surface area contributed by atoms with Crippen LogP contribution in [0.2, 0.25) is 5.02 Å². The van der Waals surface area contributed by atoms with E-state index < -0.39 is 0 Å². The molecule has 0 spiro atoms. The summed E-state index contributed by atoms with van der Waals surface area (Å²) in [6.45, 7) is 1.06. The van der Waals surface area contributed by atoms with Gasteiger partial charge in [-0.05, 0) is 48.6 Å². The molecule has 2 aromatic carbocycles. The SMILES string of the molecule is S=C(NC[C@H]1COc2ccccc2O1)Nc1ccc(Cl)cc1. The summed E-state index contributed by atoms with van der Waals surface area (Å²) in [5.74, 6) is 1.54. The second-order valence-electron chi connectivity index (χ2n) is 4.84. The van der Waals surface area contributed by atoms with Gasteiger partial charge in [-0.25, -0.2) is 0 Å². The molecule has 0 bridgehead atoms. The Bertz CT molecular complexity index is 663. The van der Waals surface area contributed by atoms with E-state index in [4.69, 9.17) is 33.3 Å². The minimum Gasteiger partial charge on any atom is -0.486 e. The molecule has 114 valence electrons. The van der Waals surface area contributed by atoms with Gasteiger partial charge in [-0.3, -0.25) is 0 Å². The summed E-state index contributed by atoms with van der Waals surface area (Å²) < 4.78 is 11.5. The number of anilines is 1. The van der Waals surface area contributed by atoms with E-state index in [-0.39, 0.29) is 6.10 Å². The molecule has 0 aromatic heterocycles. The highest BCUT2D eigenvalue weighted by Gasteiger charge is 2.20. The van der Waals surface area contributed by atoms with Crippen LogP contribution < -0.4 is 20.1 Å². The topological polar surface area (TPSA) is 42.5 Å². The van der Waals surface area contributed by atoms with E-state index in [1.54, 1.807) is 0 Å². The molecule has 2 aromatic rings. The Morgan fingerprint density at radius 3 is 2.64 bits per heavy atom. The van der Waals surface area contributed by atoms with Crippen molar-refractivity contribution < 1.29 is 9.47 Å². The van der Waals surface area contributed by atoms with Crippen LogP contribution in [0.4, 0.5) is 5.69 Å². The van der Waals surface area contributed by atoms with Crippen LogP contribution in [0.5, 0.6) is 11.5 Å². The first-order valence-corrected chi connectivity index (χ1v) is 7.68. The molecule has 0 aliphatic carbocycles. The van der Waals surface area contributed by atoms with Crippen molar-refractivity contribution in [2.75, 3.05) is 18.5 Å². The summed E-state index contributed by atoms with van der Waals surface area (Å²) in [6.07, 6.45) is -0.0835. The Hall–Kier alpha value is -1.98. The third-order valence-corrected chi connectivity index (χ3v) is 3.66. The van der Waals surface area contributed by atoms with Crippen molar-refractivity contribution in [3.05, 3.63) is 53.6 Å². The van der Waals surface area contributed by atoms with Gasteiger partial charge in [-0.2, -0.15) is 0 Å². The molecule has 0 fully saturated rings. The van der Waals surface area contributed by atoms with E-state index in [1.165, 1.54) is 0 Å². The molecule has 0 radical (unpaired) electrons. The van der Waals surface area contributed by atoms with Gasteiger partial charge in [-0.1, -0.05) is 23.7 Å². The van der Waals surface area contributed by atoms with E-state index in [2.05, 4.69) is 10.6 Å². The molecule has 0 saturated carbocycles. The van der Waals surface area contributed by atoms with E-state index in [1.807, 2.05) is 48.5 Å². The van der Waals surface area contributed by atoms with Gasteiger partial charge in [0.15, 0.2) is 16.6 Å². The Balaban J connectivity index is 1.49. The first kappa shape index (κ1) is 14.9. The molecule has 2 N–H and O–H groups in total. The van der Waals surface area contributed by atoms with E-state index in [0.717, 1.165) is 17.2 Å². The summed E-state index contributed by atoms with van der Waals surface area (Å²) in [7, 11) is 0. The maximum atomic E-state index is 5.86. The summed E-state index contributed by atoms with van der Waals surface area (Å²) >= 11 is 11.1. The van der Waals surface area contributed by atoms with Crippen molar-refractivity contribution in [2.45, 2.75) is 6.10 Å². The van der Waals surface area contributed by atoms with Crippen LogP contribution in [0.15, 0.2) is 48.5 Å². The molecule has 1 aliphatic rings. The largest absolute Gasteiger partial charge is 0.486 e. The highest BCUT2D eigenvalue weighted by atomic mass is 35.5. The second-order valence-corrected chi connectivity index (χ2v) is 5.68. The molecule has 0 unspecified atom stereocenters. The van der Waals surface area contributed by atoms with Crippen LogP contribution in [0.1, 0.15) is 0 Å². The van der Waals surface area contributed by atoms with Gasteiger partial charge in [0.2, 0.25) is 0 Å². The predicted octanol–water partition coefficient (Wildman–Crippen LogP) is 3.47. The number of hydrogen-bond acceptors (Lipinski definition) is 3. The van der Waals surface area contributed by atoms with Gasteiger partial charge in [0.05, 0.1) is 6.54 Å². The number of fused-ring (bicyclic) bond motifs is 1. The van der Waals surface area contributed by atoms with Crippen molar-refractivity contribution >= 4 is 34.6 Å². The lowest BCUT2D eigenvalue weighted by molar-refractivity contribution is 0.0939. The van der Waals surface area contributed by atoms with E-state index >= 15 is 0 Å². The fourth-order valence-electron chi connectivity index (χ4n) is 2.08. The van der Waals surface area contributed by atoms with Crippen LogP contribution in [0, 0.1) is 0 Å². The molecule has 22 heavy (non-hydrogen) atoms. The van der Waals surface area contributed by atoms with Gasteiger partial charge in [0.25, 0.3) is 0 Å². The smallest absolute Gasteiger partial charge is 0.170 e. The average Bonchev–Trinajstić information content (AvgIpc) is 2.55. The number of benzene rings is 2. The van der Waals surface area contributed by atoms with Crippen LogP contribution in [-0.4, -0.2) is 24.4 Å². The van der Waals surface area contributed by atoms with Crippen LogP contribution >= 0.6 is 23.8 Å². The lowest BCUT2D eigenvalue weighted by atomic mass is 10.2. The Morgan fingerprint density at radius 2 is 1.86 bits per heavy atom. The molecule has 1 aliphatic heterocycles. The summed E-state index contributed by atoms with van der Waals surface area (Å²) in [4.78, 5) is 0. The quantitative estimate of drug-likeness (QED) is 0.841. The van der Waals surface area contributed by atoms with E-state index in [9.17, 15) is 0 Å². The van der Waals surface area contributed by atoms with Crippen molar-refractivity contribution in [3.8, 4) is 11.5 Å². The summed E-state index contributed by atoms with van der Waals surface area (Å²) in [5.41, 5.74) is 0.882. The highest BCUT2D eigenvalue weighted by Crippen LogP contribution is 2.30. The first-order chi connectivity index (χ1) is 10.7. The summed E-state index contributed by atoms with van der Waals surface area (Å²) in [5, 5.41) is 7.44. The normalized spacial score (nSPS) is 16.0. The zero-order chi connectivity index (χ0) is 15.4. The number of nitrogens with one attached hydrogen (secondary N) is 2. The number of halogens is 1. The Kier molecular flexibility index (Phi) is 4.65. The van der Waals surface area contributed by atoms with Gasteiger partial charge in [-0.15, -0.1) is 0 Å². The van der Waals surface area contributed by atoms with Gasteiger partial charge < -0.3 is 20.1 Å². The van der Waals surface area contributed by atoms with Gasteiger partial charge in [0, 0.05) is 10.7 Å². The lowest BCUT2D eigenvalue weighted by Crippen LogP contribution is -2.42. The molecule has 3 rings (SSSR count). The van der Waals surface area contributed by atoms with Crippen molar-refractivity contribution in [2.24, 2.45) is 0 Å². The third kappa shape index (κ3) is 3.81. The number of rotatable bonds is 3. The number of hydrogen-bond donors (Lipinski definition) is 2.